The molecule has 3 N–H and O–H groups in total. The van der Waals surface area contributed by atoms with E-state index >= 15 is 0 Å². The third-order valence-corrected chi connectivity index (χ3v) is 4.84. The fourth-order valence-electron chi connectivity index (χ4n) is 3.29. The van der Waals surface area contributed by atoms with Crippen molar-refractivity contribution < 1.29 is 9.59 Å². The van der Waals surface area contributed by atoms with Gasteiger partial charge in [0.2, 0.25) is 5.91 Å². The molecule has 0 bridgehead atoms. The van der Waals surface area contributed by atoms with Crippen LogP contribution in [0.25, 0.3) is 11.3 Å². The summed E-state index contributed by atoms with van der Waals surface area (Å²) in [5.74, 6) is -0.443. The van der Waals surface area contributed by atoms with Crippen LogP contribution in [0.2, 0.25) is 0 Å². The van der Waals surface area contributed by atoms with Crippen LogP contribution in [-0.2, 0) is 4.79 Å². The van der Waals surface area contributed by atoms with Gasteiger partial charge in [-0.15, -0.1) is 0 Å². The molecule has 1 aliphatic heterocycles. The third-order valence-electron chi connectivity index (χ3n) is 4.84. The largest absolute Gasteiger partial charge is 0.369 e. The van der Waals surface area contributed by atoms with Crippen molar-refractivity contribution in [3.63, 3.8) is 0 Å². The first kappa shape index (κ1) is 19.0. The van der Waals surface area contributed by atoms with Gasteiger partial charge in [0.15, 0.2) is 0 Å². The maximum Gasteiger partial charge on any atom is 0.251 e. The van der Waals surface area contributed by atoms with Crippen LogP contribution < -0.4 is 11.1 Å². The smallest absolute Gasteiger partial charge is 0.251 e. The van der Waals surface area contributed by atoms with Crippen molar-refractivity contribution in [1.29, 1.82) is 0 Å². The van der Waals surface area contributed by atoms with Crippen molar-refractivity contribution in [2.45, 2.75) is 19.8 Å². The molecule has 1 aromatic heterocycles. The number of likely N-dealkylation sites (tertiary alicyclic amines) is 1. The maximum atomic E-state index is 12.5. The molecule has 3 rings (SSSR count). The van der Waals surface area contributed by atoms with Gasteiger partial charge in [-0.25, -0.2) is 0 Å². The average Bonchev–Trinajstić information content (AvgIpc) is 2.69. The second kappa shape index (κ2) is 8.73. The zero-order valence-electron chi connectivity index (χ0n) is 15.5. The van der Waals surface area contributed by atoms with Crippen LogP contribution in [-0.4, -0.2) is 53.1 Å². The number of nitrogens with one attached hydrogen (secondary N) is 1. The highest BCUT2D eigenvalue weighted by atomic mass is 16.2. The van der Waals surface area contributed by atoms with Crippen molar-refractivity contribution >= 4 is 11.8 Å². The quantitative estimate of drug-likeness (QED) is 0.803. The summed E-state index contributed by atoms with van der Waals surface area (Å²) in [6, 6.07) is 11.1. The van der Waals surface area contributed by atoms with E-state index in [9.17, 15) is 9.59 Å². The number of benzene rings is 1. The van der Waals surface area contributed by atoms with Gasteiger partial charge in [-0.2, -0.15) is 10.2 Å². The lowest BCUT2D eigenvalue weighted by Crippen LogP contribution is -2.44. The van der Waals surface area contributed by atoms with E-state index in [2.05, 4.69) is 20.4 Å². The average molecular weight is 367 g/mol. The fraction of sp³-hybridized carbons (Fsp3) is 0.400. The highest BCUT2D eigenvalue weighted by Crippen LogP contribution is 2.18. The van der Waals surface area contributed by atoms with E-state index in [1.54, 1.807) is 6.07 Å². The molecular formula is C20H25N5O2. The molecule has 142 valence electrons. The monoisotopic (exact) mass is 367 g/mol. The Morgan fingerprint density at radius 2 is 2.11 bits per heavy atom. The molecule has 7 heteroatoms. The Morgan fingerprint density at radius 3 is 2.85 bits per heavy atom. The van der Waals surface area contributed by atoms with Gasteiger partial charge in [0.25, 0.3) is 5.91 Å². The van der Waals surface area contributed by atoms with Gasteiger partial charge in [0, 0.05) is 30.8 Å². The number of piperidine rings is 1. The van der Waals surface area contributed by atoms with Gasteiger partial charge in [0.1, 0.15) is 0 Å². The maximum absolute atomic E-state index is 12.5. The lowest BCUT2D eigenvalue weighted by molar-refractivity contribution is -0.123. The standard InChI is InChI=1S/C20H25N5O2/c1-14-7-8-18(24-23-14)15-4-2-5-16(12-15)20(27)22-9-11-25-10-3-6-17(13-25)19(21)26/h2,4-5,7-8,12,17H,3,6,9-11,13H2,1H3,(H2,21,26)(H,22,27)/t17-/m0/s1. The lowest BCUT2D eigenvalue weighted by atomic mass is 9.97. The third kappa shape index (κ3) is 5.10. The zero-order valence-corrected chi connectivity index (χ0v) is 15.5. The van der Waals surface area contributed by atoms with E-state index in [4.69, 9.17) is 5.73 Å². The topological polar surface area (TPSA) is 101 Å². The van der Waals surface area contributed by atoms with Gasteiger partial charge < -0.3 is 16.0 Å². The highest BCUT2D eigenvalue weighted by Gasteiger charge is 2.23. The Hall–Kier alpha value is -2.80. The number of nitrogens with zero attached hydrogens (tertiary/aromatic N) is 3. The highest BCUT2D eigenvalue weighted by molar-refractivity contribution is 5.95. The van der Waals surface area contributed by atoms with Crippen LogP contribution in [0.5, 0.6) is 0 Å². The van der Waals surface area contributed by atoms with E-state index in [-0.39, 0.29) is 17.7 Å². The van der Waals surface area contributed by atoms with Crippen LogP contribution >= 0.6 is 0 Å². The first-order valence-corrected chi connectivity index (χ1v) is 9.23. The minimum absolute atomic E-state index is 0.0817. The van der Waals surface area contributed by atoms with Crippen LogP contribution in [0.3, 0.4) is 0 Å². The molecule has 1 atom stereocenters. The van der Waals surface area contributed by atoms with Gasteiger partial charge in [0.05, 0.1) is 17.3 Å². The molecule has 0 spiro atoms. The van der Waals surface area contributed by atoms with Crippen molar-refractivity contribution in [2.24, 2.45) is 11.7 Å². The molecule has 1 aliphatic rings. The van der Waals surface area contributed by atoms with Gasteiger partial charge in [-0.1, -0.05) is 12.1 Å². The van der Waals surface area contributed by atoms with Crippen LogP contribution in [0.1, 0.15) is 28.9 Å². The first-order valence-electron chi connectivity index (χ1n) is 9.23. The number of rotatable bonds is 6. The normalized spacial score (nSPS) is 17.4. The molecule has 7 nitrogen and oxygen atoms in total. The Labute approximate surface area is 159 Å². The van der Waals surface area contributed by atoms with E-state index in [0.29, 0.717) is 25.2 Å². The SMILES string of the molecule is Cc1ccc(-c2cccc(C(=O)NCCN3CCC[C@H](C(N)=O)C3)c2)nn1. The predicted molar refractivity (Wildman–Crippen MR) is 103 cm³/mol. The minimum atomic E-state index is -0.236. The summed E-state index contributed by atoms with van der Waals surface area (Å²) in [5.41, 5.74) is 8.44. The summed E-state index contributed by atoms with van der Waals surface area (Å²) in [6.07, 6.45) is 1.81. The number of nitrogens with two attached hydrogens (primary N) is 1. The van der Waals surface area contributed by atoms with Gasteiger partial charge >= 0.3 is 0 Å². The summed E-state index contributed by atoms with van der Waals surface area (Å²) in [6.45, 7) is 4.72. The van der Waals surface area contributed by atoms with Gasteiger partial charge in [-0.05, 0) is 50.6 Å². The summed E-state index contributed by atoms with van der Waals surface area (Å²) < 4.78 is 0. The van der Waals surface area contributed by atoms with Crippen LogP contribution in [0.4, 0.5) is 0 Å². The Bertz CT molecular complexity index is 806. The number of hydrogen-bond acceptors (Lipinski definition) is 5. The molecule has 0 saturated carbocycles. The first-order chi connectivity index (χ1) is 13.0. The molecule has 1 fully saturated rings. The number of hydrogen-bond donors (Lipinski definition) is 2. The fourth-order valence-corrected chi connectivity index (χ4v) is 3.29. The molecule has 27 heavy (non-hydrogen) atoms. The predicted octanol–water partition coefficient (Wildman–Crippen LogP) is 1.38. The molecule has 1 saturated heterocycles. The lowest BCUT2D eigenvalue weighted by Gasteiger charge is -2.31. The Balaban J connectivity index is 1.54. The van der Waals surface area contributed by atoms with Crippen molar-refractivity contribution in [2.75, 3.05) is 26.2 Å². The number of carbonyl (C=O) groups excluding carboxylic acids is 2. The van der Waals surface area contributed by atoms with E-state index in [0.717, 1.165) is 36.3 Å². The Kier molecular flexibility index (Phi) is 6.13. The van der Waals surface area contributed by atoms with Crippen molar-refractivity contribution in [3.8, 4) is 11.3 Å². The van der Waals surface area contributed by atoms with Crippen molar-refractivity contribution in [1.82, 2.24) is 20.4 Å². The summed E-state index contributed by atoms with van der Waals surface area (Å²) in [7, 11) is 0. The molecule has 0 radical (unpaired) electrons. The summed E-state index contributed by atoms with van der Waals surface area (Å²) in [4.78, 5) is 26.0. The number of aryl methyl sites for hydroxylation is 1. The van der Waals surface area contributed by atoms with E-state index in [1.165, 1.54) is 0 Å². The molecule has 0 aliphatic carbocycles. The molecule has 2 aromatic rings. The number of carbonyl (C=O) groups is 2. The molecule has 2 amide bonds. The summed E-state index contributed by atoms with van der Waals surface area (Å²) >= 11 is 0. The Morgan fingerprint density at radius 1 is 1.26 bits per heavy atom. The molecule has 1 aromatic carbocycles. The second-order valence-corrected chi connectivity index (χ2v) is 6.94. The van der Waals surface area contributed by atoms with Crippen LogP contribution in [0, 0.1) is 12.8 Å². The second-order valence-electron chi connectivity index (χ2n) is 6.94. The molecule has 0 unspecified atom stereocenters. The zero-order chi connectivity index (χ0) is 19.2. The van der Waals surface area contributed by atoms with Crippen molar-refractivity contribution in [3.05, 3.63) is 47.7 Å². The van der Waals surface area contributed by atoms with E-state index < -0.39 is 0 Å². The molecule has 2 heterocycles. The number of primary amides is 1. The van der Waals surface area contributed by atoms with Crippen LogP contribution in [0.15, 0.2) is 36.4 Å². The number of amides is 2. The van der Waals surface area contributed by atoms with Gasteiger partial charge in [-0.3, -0.25) is 9.59 Å². The van der Waals surface area contributed by atoms with E-state index in [1.807, 2.05) is 37.3 Å². The minimum Gasteiger partial charge on any atom is -0.369 e. The molecular weight excluding hydrogens is 342 g/mol. The summed E-state index contributed by atoms with van der Waals surface area (Å²) in [5, 5.41) is 11.2. The number of aromatic nitrogens is 2.